The highest BCUT2D eigenvalue weighted by molar-refractivity contribution is 5.80. The first-order valence-corrected chi connectivity index (χ1v) is 8.75. The van der Waals surface area contributed by atoms with E-state index in [0.29, 0.717) is 29.7 Å². The molecule has 27 heavy (non-hydrogen) atoms. The maximum Gasteiger partial charge on any atom is 0.246 e. The average molecular weight is 373 g/mol. The van der Waals surface area contributed by atoms with Crippen molar-refractivity contribution >= 4 is 28.6 Å². The first-order chi connectivity index (χ1) is 13.1. The molecule has 0 spiro atoms. The Morgan fingerprint density at radius 1 is 1.44 bits per heavy atom. The molecule has 1 atom stereocenters. The second-order valence-corrected chi connectivity index (χ2v) is 6.50. The number of nitrogens with two attached hydrogens (primary N) is 1. The summed E-state index contributed by atoms with van der Waals surface area (Å²) in [5, 5.41) is 2.96. The minimum Gasteiger partial charge on any atom is -0.382 e. The van der Waals surface area contributed by atoms with Gasteiger partial charge in [0.15, 0.2) is 17.3 Å². The molecule has 0 saturated carbocycles. The summed E-state index contributed by atoms with van der Waals surface area (Å²) in [6, 6.07) is 7.81. The number of anilines is 2. The summed E-state index contributed by atoms with van der Waals surface area (Å²) in [4.78, 5) is 30.5. The summed E-state index contributed by atoms with van der Waals surface area (Å²) in [7, 11) is 1.50. The lowest BCUT2D eigenvalue weighted by Crippen LogP contribution is -2.39. The van der Waals surface area contributed by atoms with E-state index in [1.807, 2.05) is 24.3 Å². The van der Waals surface area contributed by atoms with Gasteiger partial charge in [-0.25, -0.2) is 15.0 Å². The number of para-hydroxylation sites is 2. The normalized spacial score (nSPS) is 16.8. The van der Waals surface area contributed by atoms with Crippen molar-refractivity contribution in [2.75, 3.05) is 37.4 Å². The fourth-order valence-corrected chi connectivity index (χ4v) is 3.27. The van der Waals surface area contributed by atoms with E-state index in [1.54, 1.807) is 6.20 Å². The van der Waals surface area contributed by atoms with E-state index in [9.17, 15) is 4.79 Å². The lowest BCUT2D eigenvalue weighted by atomic mass is 10.2. The number of fused-ring (bicyclic) bond motifs is 1. The number of aromatic nitrogens is 4. The largest absolute Gasteiger partial charge is 0.382 e. The van der Waals surface area contributed by atoms with E-state index in [2.05, 4.69) is 30.2 Å². The molecule has 1 aliphatic rings. The third-order valence-corrected chi connectivity index (χ3v) is 4.55. The molecule has 2 aromatic heterocycles. The van der Waals surface area contributed by atoms with Crippen molar-refractivity contribution in [2.45, 2.75) is 12.5 Å². The standard InChI is InChI=1S/C18H21N7O2.3H2/c1-27-10-15(26)21-11-6-7-25(9-11)14-8-20-17(19)16(24-14)18-22-12-4-2-3-5-13(12)23-18;;;/h2-5,8,11H,6-7,9-10H2,1H3,(H2,19,20)(H,21,26)(H,22,23);3*1H/t11-;;;/m0.../s1. The molecule has 9 heteroatoms. The van der Waals surface area contributed by atoms with Gasteiger partial charge in [0.25, 0.3) is 0 Å². The monoisotopic (exact) mass is 373 g/mol. The number of H-pyrrole nitrogens is 1. The first-order valence-electron chi connectivity index (χ1n) is 8.75. The predicted octanol–water partition coefficient (Wildman–Crippen LogP) is 1.68. The lowest BCUT2D eigenvalue weighted by Gasteiger charge is -2.18. The molecule has 4 N–H and O–H groups in total. The smallest absolute Gasteiger partial charge is 0.246 e. The third kappa shape index (κ3) is 3.54. The molecule has 0 bridgehead atoms. The van der Waals surface area contributed by atoms with Gasteiger partial charge in [0, 0.05) is 30.5 Å². The Morgan fingerprint density at radius 2 is 2.30 bits per heavy atom. The summed E-state index contributed by atoms with van der Waals surface area (Å²) < 4.78 is 4.86. The Morgan fingerprint density at radius 3 is 3.11 bits per heavy atom. The van der Waals surface area contributed by atoms with Gasteiger partial charge in [-0.3, -0.25) is 4.79 Å². The van der Waals surface area contributed by atoms with Crippen LogP contribution in [0.4, 0.5) is 11.6 Å². The summed E-state index contributed by atoms with van der Waals surface area (Å²) in [6.45, 7) is 1.50. The molecular formula is C18H27N7O2. The number of imidazole rings is 1. The summed E-state index contributed by atoms with van der Waals surface area (Å²) in [5.74, 6) is 1.51. The summed E-state index contributed by atoms with van der Waals surface area (Å²) in [6.07, 6.45) is 2.49. The van der Waals surface area contributed by atoms with Crippen LogP contribution in [-0.2, 0) is 9.53 Å². The molecule has 1 fully saturated rings. The molecule has 1 aliphatic heterocycles. The number of nitrogens with zero attached hydrogens (tertiary/aromatic N) is 4. The molecule has 0 aliphatic carbocycles. The lowest BCUT2D eigenvalue weighted by molar-refractivity contribution is -0.125. The molecule has 4 rings (SSSR count). The van der Waals surface area contributed by atoms with Gasteiger partial charge in [0.1, 0.15) is 12.4 Å². The van der Waals surface area contributed by atoms with Gasteiger partial charge in [-0.1, -0.05) is 12.1 Å². The molecule has 1 amide bonds. The Balaban J connectivity index is 0.00000150. The van der Waals surface area contributed by atoms with Crippen LogP contribution in [0.25, 0.3) is 22.6 Å². The number of nitrogen functional groups attached to an aromatic ring is 1. The van der Waals surface area contributed by atoms with Gasteiger partial charge in [-0.15, -0.1) is 0 Å². The number of carbonyl (C=O) groups is 1. The Hall–Kier alpha value is -3.20. The van der Waals surface area contributed by atoms with Crippen LogP contribution in [0.5, 0.6) is 0 Å². The Bertz CT molecular complexity index is 952. The third-order valence-electron chi connectivity index (χ3n) is 4.55. The van der Waals surface area contributed by atoms with E-state index < -0.39 is 0 Å². The average Bonchev–Trinajstić information content (AvgIpc) is 3.29. The Kier molecular flexibility index (Phi) is 4.59. The maximum absolute atomic E-state index is 11.7. The summed E-state index contributed by atoms with van der Waals surface area (Å²) >= 11 is 0. The molecular weight excluding hydrogens is 346 g/mol. The van der Waals surface area contributed by atoms with Crippen molar-refractivity contribution in [3.8, 4) is 11.5 Å². The van der Waals surface area contributed by atoms with E-state index >= 15 is 0 Å². The van der Waals surface area contributed by atoms with Crippen molar-refractivity contribution in [1.29, 1.82) is 0 Å². The fraction of sp³-hybridized carbons (Fsp3) is 0.333. The van der Waals surface area contributed by atoms with Crippen LogP contribution >= 0.6 is 0 Å². The molecule has 1 aromatic carbocycles. The van der Waals surface area contributed by atoms with E-state index in [4.69, 9.17) is 10.5 Å². The quantitative estimate of drug-likeness (QED) is 0.622. The molecule has 9 nitrogen and oxygen atoms in total. The maximum atomic E-state index is 11.7. The van der Waals surface area contributed by atoms with Crippen molar-refractivity contribution in [2.24, 2.45) is 0 Å². The number of hydrogen-bond acceptors (Lipinski definition) is 7. The van der Waals surface area contributed by atoms with Crippen molar-refractivity contribution in [3.05, 3.63) is 30.5 Å². The van der Waals surface area contributed by atoms with E-state index in [1.165, 1.54) is 7.11 Å². The zero-order chi connectivity index (χ0) is 18.8. The minimum atomic E-state index is -0.115. The van der Waals surface area contributed by atoms with E-state index in [-0.39, 0.29) is 22.8 Å². The molecule has 146 valence electrons. The number of carbonyl (C=O) groups excluding carboxylic acids is 1. The Labute approximate surface area is 160 Å². The molecule has 3 aromatic rings. The number of nitrogens with one attached hydrogen (secondary N) is 2. The van der Waals surface area contributed by atoms with Crippen LogP contribution in [-0.4, -0.2) is 58.7 Å². The van der Waals surface area contributed by atoms with Gasteiger partial charge in [-0.2, -0.15) is 0 Å². The van der Waals surface area contributed by atoms with Gasteiger partial charge in [-0.05, 0) is 18.6 Å². The number of amides is 1. The van der Waals surface area contributed by atoms with Crippen LogP contribution in [0, 0.1) is 0 Å². The highest BCUT2D eigenvalue weighted by Crippen LogP contribution is 2.26. The number of hydrogen-bond donors (Lipinski definition) is 3. The predicted molar refractivity (Wildman–Crippen MR) is 109 cm³/mol. The van der Waals surface area contributed by atoms with Crippen molar-refractivity contribution in [1.82, 2.24) is 25.3 Å². The topological polar surface area (TPSA) is 122 Å². The molecule has 0 radical (unpaired) electrons. The number of rotatable bonds is 5. The number of methoxy groups -OCH3 is 1. The van der Waals surface area contributed by atoms with Crippen molar-refractivity contribution in [3.63, 3.8) is 0 Å². The zero-order valence-electron chi connectivity index (χ0n) is 15.0. The number of ether oxygens (including phenoxy) is 1. The SMILES string of the molecule is COCC(=O)N[C@H]1CCN(c2cnc(N)c(-c3nc4ccccc4[nH]3)n2)C1.[HH].[HH].[HH]. The highest BCUT2D eigenvalue weighted by atomic mass is 16.5. The second kappa shape index (κ2) is 7.20. The number of aromatic amines is 1. The summed E-state index contributed by atoms with van der Waals surface area (Å²) in [5.41, 5.74) is 8.34. The fourth-order valence-electron chi connectivity index (χ4n) is 3.27. The molecule has 1 saturated heterocycles. The minimum absolute atomic E-state index is 0. The van der Waals surface area contributed by atoms with Crippen LogP contribution in [0.1, 0.15) is 10.7 Å². The van der Waals surface area contributed by atoms with Gasteiger partial charge >= 0.3 is 0 Å². The van der Waals surface area contributed by atoms with E-state index in [0.717, 1.165) is 24.0 Å². The van der Waals surface area contributed by atoms with Crippen LogP contribution in [0.2, 0.25) is 0 Å². The van der Waals surface area contributed by atoms with Crippen LogP contribution < -0.4 is 16.0 Å². The van der Waals surface area contributed by atoms with Gasteiger partial charge in [0.2, 0.25) is 5.91 Å². The van der Waals surface area contributed by atoms with Crippen LogP contribution in [0.15, 0.2) is 30.5 Å². The van der Waals surface area contributed by atoms with Crippen molar-refractivity contribution < 1.29 is 13.8 Å². The van der Waals surface area contributed by atoms with Crippen LogP contribution in [0.3, 0.4) is 0 Å². The number of benzene rings is 1. The first kappa shape index (κ1) is 17.2. The van der Waals surface area contributed by atoms with Gasteiger partial charge in [0.05, 0.1) is 17.2 Å². The van der Waals surface area contributed by atoms with Gasteiger partial charge < -0.3 is 25.7 Å². The molecule has 3 heterocycles. The molecule has 0 unspecified atom stereocenters. The zero-order valence-corrected chi connectivity index (χ0v) is 15.0. The second-order valence-electron chi connectivity index (χ2n) is 6.50. The highest BCUT2D eigenvalue weighted by Gasteiger charge is 2.26.